The minimum Gasteiger partial charge on any atom is -0.303 e. The molecule has 0 N–H and O–H groups in total. The number of hydrogen-bond donors (Lipinski definition) is 0. The summed E-state index contributed by atoms with van der Waals surface area (Å²) in [6, 6.07) is 8.34. The molecule has 0 saturated heterocycles. The smallest absolute Gasteiger partial charge is 0.120 e. The summed E-state index contributed by atoms with van der Waals surface area (Å²) in [4.78, 5) is 10.2. The van der Waals surface area contributed by atoms with Crippen LogP contribution >= 0.6 is 0 Å². The number of carbonyl (C=O) groups is 1. The summed E-state index contributed by atoms with van der Waals surface area (Å²) in [5, 5.41) is 0. The average Bonchev–Trinajstić information content (AvgIpc) is 2.21. The van der Waals surface area contributed by atoms with Crippen LogP contribution in [-0.4, -0.2) is 6.29 Å². The SMILES string of the molecule is C=CCc1ccccc1CCCC=O. The van der Waals surface area contributed by atoms with Gasteiger partial charge in [-0.1, -0.05) is 30.3 Å². The van der Waals surface area contributed by atoms with Gasteiger partial charge in [-0.25, -0.2) is 0 Å². The third-order valence-corrected chi connectivity index (χ3v) is 2.25. The predicted molar refractivity (Wildman–Crippen MR) is 59.3 cm³/mol. The van der Waals surface area contributed by atoms with Crippen molar-refractivity contribution in [2.45, 2.75) is 25.7 Å². The highest BCUT2D eigenvalue weighted by molar-refractivity contribution is 5.49. The second-order valence-electron chi connectivity index (χ2n) is 3.32. The fourth-order valence-corrected chi connectivity index (χ4v) is 1.53. The first kappa shape index (κ1) is 10.7. The highest BCUT2D eigenvalue weighted by Gasteiger charge is 1.99. The average molecular weight is 188 g/mol. The number of allylic oxidation sites excluding steroid dienone is 1. The summed E-state index contributed by atoms with van der Waals surface area (Å²) in [7, 11) is 0. The number of carbonyl (C=O) groups excluding carboxylic acids is 1. The van der Waals surface area contributed by atoms with E-state index in [9.17, 15) is 4.79 Å². The lowest BCUT2D eigenvalue weighted by atomic mass is 10.00. The zero-order chi connectivity index (χ0) is 10.2. The zero-order valence-electron chi connectivity index (χ0n) is 8.41. The van der Waals surface area contributed by atoms with E-state index >= 15 is 0 Å². The molecule has 1 aromatic rings. The van der Waals surface area contributed by atoms with Crippen LogP contribution in [-0.2, 0) is 17.6 Å². The van der Waals surface area contributed by atoms with E-state index in [2.05, 4.69) is 18.7 Å². The number of unbranched alkanes of at least 4 members (excludes halogenated alkanes) is 1. The first-order chi connectivity index (χ1) is 6.88. The fourth-order valence-electron chi connectivity index (χ4n) is 1.53. The van der Waals surface area contributed by atoms with E-state index in [-0.39, 0.29) is 0 Å². The van der Waals surface area contributed by atoms with Crippen molar-refractivity contribution in [3.05, 3.63) is 48.0 Å². The number of rotatable bonds is 6. The summed E-state index contributed by atoms with van der Waals surface area (Å²) in [5.74, 6) is 0. The molecule has 1 aromatic carbocycles. The Morgan fingerprint density at radius 1 is 1.21 bits per heavy atom. The molecule has 0 amide bonds. The molecule has 14 heavy (non-hydrogen) atoms. The molecule has 1 nitrogen and oxygen atoms in total. The van der Waals surface area contributed by atoms with Crippen molar-refractivity contribution in [1.82, 2.24) is 0 Å². The lowest BCUT2D eigenvalue weighted by Crippen LogP contribution is -1.93. The lowest BCUT2D eigenvalue weighted by molar-refractivity contribution is -0.107. The molecule has 0 aromatic heterocycles. The second kappa shape index (κ2) is 6.14. The molecular weight excluding hydrogens is 172 g/mol. The predicted octanol–water partition coefficient (Wildman–Crippen LogP) is 2.94. The van der Waals surface area contributed by atoms with Crippen molar-refractivity contribution in [1.29, 1.82) is 0 Å². The van der Waals surface area contributed by atoms with Gasteiger partial charge in [-0.3, -0.25) is 0 Å². The van der Waals surface area contributed by atoms with Crippen LogP contribution in [0, 0.1) is 0 Å². The van der Waals surface area contributed by atoms with Crippen LogP contribution in [0.2, 0.25) is 0 Å². The van der Waals surface area contributed by atoms with Gasteiger partial charge >= 0.3 is 0 Å². The fraction of sp³-hybridized carbons (Fsp3) is 0.308. The minimum atomic E-state index is 0.655. The van der Waals surface area contributed by atoms with E-state index < -0.39 is 0 Å². The molecule has 0 unspecified atom stereocenters. The summed E-state index contributed by atoms with van der Waals surface area (Å²) in [6.07, 6.45) is 6.40. The standard InChI is InChI=1S/C13H16O/c1-2-7-12-8-3-4-9-13(12)10-5-6-11-14/h2-4,8-9,11H,1,5-7,10H2. The molecule has 1 rings (SSSR count). The molecule has 0 aliphatic heterocycles. The van der Waals surface area contributed by atoms with E-state index in [4.69, 9.17) is 0 Å². The van der Waals surface area contributed by atoms with Crippen molar-refractivity contribution in [3.63, 3.8) is 0 Å². The van der Waals surface area contributed by atoms with Gasteiger partial charge in [0.25, 0.3) is 0 Å². The van der Waals surface area contributed by atoms with Crippen molar-refractivity contribution >= 4 is 6.29 Å². The Morgan fingerprint density at radius 3 is 2.57 bits per heavy atom. The van der Waals surface area contributed by atoms with Gasteiger partial charge in [-0.2, -0.15) is 0 Å². The maximum atomic E-state index is 10.2. The van der Waals surface area contributed by atoms with Gasteiger partial charge in [0.2, 0.25) is 0 Å². The van der Waals surface area contributed by atoms with Crippen LogP contribution < -0.4 is 0 Å². The Labute approximate surface area is 85.5 Å². The molecule has 0 atom stereocenters. The van der Waals surface area contributed by atoms with Gasteiger partial charge in [0.15, 0.2) is 0 Å². The van der Waals surface area contributed by atoms with Gasteiger partial charge in [-0.05, 0) is 30.4 Å². The monoisotopic (exact) mass is 188 g/mol. The number of aldehydes is 1. The van der Waals surface area contributed by atoms with E-state index in [1.54, 1.807) is 0 Å². The number of aryl methyl sites for hydroxylation is 1. The minimum absolute atomic E-state index is 0.655. The van der Waals surface area contributed by atoms with Crippen LogP contribution in [0.4, 0.5) is 0 Å². The van der Waals surface area contributed by atoms with Crippen LogP contribution in [0.5, 0.6) is 0 Å². The largest absolute Gasteiger partial charge is 0.303 e. The molecule has 0 aliphatic carbocycles. The topological polar surface area (TPSA) is 17.1 Å². The molecule has 74 valence electrons. The second-order valence-corrected chi connectivity index (χ2v) is 3.32. The molecule has 0 heterocycles. The normalized spacial score (nSPS) is 9.71. The van der Waals surface area contributed by atoms with Gasteiger partial charge in [0.1, 0.15) is 6.29 Å². The van der Waals surface area contributed by atoms with Crippen LogP contribution in [0.25, 0.3) is 0 Å². The number of benzene rings is 1. The van der Waals surface area contributed by atoms with Crippen LogP contribution in [0.1, 0.15) is 24.0 Å². The van der Waals surface area contributed by atoms with Crippen molar-refractivity contribution in [2.24, 2.45) is 0 Å². The van der Waals surface area contributed by atoms with Crippen LogP contribution in [0.15, 0.2) is 36.9 Å². The molecule has 0 radical (unpaired) electrons. The number of hydrogen-bond acceptors (Lipinski definition) is 1. The Kier molecular flexibility index (Phi) is 4.70. The Balaban J connectivity index is 2.63. The molecule has 0 saturated carbocycles. The van der Waals surface area contributed by atoms with Crippen molar-refractivity contribution in [2.75, 3.05) is 0 Å². The molecule has 1 heteroatoms. The molecule has 0 spiro atoms. The van der Waals surface area contributed by atoms with Gasteiger partial charge < -0.3 is 4.79 Å². The Morgan fingerprint density at radius 2 is 1.93 bits per heavy atom. The quantitative estimate of drug-likeness (QED) is 0.381. The summed E-state index contributed by atoms with van der Waals surface area (Å²) in [5.41, 5.74) is 2.67. The molecule has 0 fully saturated rings. The van der Waals surface area contributed by atoms with Gasteiger partial charge in [0, 0.05) is 6.42 Å². The summed E-state index contributed by atoms with van der Waals surface area (Å²) in [6.45, 7) is 3.74. The lowest BCUT2D eigenvalue weighted by Gasteiger charge is -2.05. The highest BCUT2D eigenvalue weighted by atomic mass is 16.1. The molecule has 0 bridgehead atoms. The van der Waals surface area contributed by atoms with Gasteiger partial charge in [0.05, 0.1) is 0 Å². The molecular formula is C13H16O. The van der Waals surface area contributed by atoms with E-state index in [0.29, 0.717) is 6.42 Å². The maximum Gasteiger partial charge on any atom is 0.120 e. The Bertz CT molecular complexity index is 302. The maximum absolute atomic E-state index is 10.2. The third-order valence-electron chi connectivity index (χ3n) is 2.25. The molecule has 0 aliphatic rings. The van der Waals surface area contributed by atoms with Crippen molar-refractivity contribution < 1.29 is 4.79 Å². The van der Waals surface area contributed by atoms with E-state index in [1.807, 2.05) is 18.2 Å². The first-order valence-electron chi connectivity index (χ1n) is 4.99. The van der Waals surface area contributed by atoms with E-state index in [0.717, 1.165) is 25.5 Å². The third kappa shape index (κ3) is 3.17. The summed E-state index contributed by atoms with van der Waals surface area (Å²) >= 11 is 0. The zero-order valence-corrected chi connectivity index (χ0v) is 8.41. The van der Waals surface area contributed by atoms with Crippen LogP contribution in [0.3, 0.4) is 0 Å². The highest BCUT2D eigenvalue weighted by Crippen LogP contribution is 2.12. The summed E-state index contributed by atoms with van der Waals surface area (Å²) < 4.78 is 0. The van der Waals surface area contributed by atoms with E-state index in [1.165, 1.54) is 11.1 Å². The van der Waals surface area contributed by atoms with Gasteiger partial charge in [-0.15, -0.1) is 6.58 Å². The van der Waals surface area contributed by atoms with Crippen molar-refractivity contribution in [3.8, 4) is 0 Å². The first-order valence-corrected chi connectivity index (χ1v) is 4.99. The Hall–Kier alpha value is -1.37.